The molecule has 0 bridgehead atoms. The van der Waals surface area contributed by atoms with E-state index in [1.807, 2.05) is 13.3 Å². The molecule has 0 saturated carbocycles. The van der Waals surface area contributed by atoms with Gasteiger partial charge in [0.2, 0.25) is 0 Å². The van der Waals surface area contributed by atoms with Gasteiger partial charge in [0.15, 0.2) is 5.13 Å². The van der Waals surface area contributed by atoms with Gasteiger partial charge < -0.3 is 15.2 Å². The number of hydrogen-bond donors (Lipinski definition) is 2. The summed E-state index contributed by atoms with van der Waals surface area (Å²) >= 11 is 1.31. The largest absolute Gasteiger partial charge is 0.416 e. The molecule has 194 valence electrons. The number of amides is 1. The number of anilines is 2. The lowest BCUT2D eigenvalue weighted by Crippen LogP contribution is -2.50. The molecule has 37 heavy (non-hydrogen) atoms. The predicted octanol–water partition coefficient (Wildman–Crippen LogP) is 5.41. The number of benzene rings is 1. The zero-order chi connectivity index (χ0) is 26.3. The van der Waals surface area contributed by atoms with E-state index < -0.39 is 11.7 Å². The van der Waals surface area contributed by atoms with Gasteiger partial charge >= 0.3 is 6.18 Å². The molecule has 1 aromatic carbocycles. The number of nitrogens with zero attached hydrogens (tertiary/aromatic N) is 5. The van der Waals surface area contributed by atoms with Crippen LogP contribution >= 0.6 is 11.3 Å². The predicted molar refractivity (Wildman–Crippen MR) is 136 cm³/mol. The van der Waals surface area contributed by atoms with Gasteiger partial charge in [-0.3, -0.25) is 9.69 Å². The van der Waals surface area contributed by atoms with Crippen molar-refractivity contribution in [1.29, 1.82) is 0 Å². The van der Waals surface area contributed by atoms with Crippen molar-refractivity contribution in [1.82, 2.24) is 29.7 Å². The molecule has 12 heteroatoms. The van der Waals surface area contributed by atoms with E-state index in [1.165, 1.54) is 23.5 Å². The normalized spacial score (nSPS) is 15.6. The highest BCUT2D eigenvalue weighted by atomic mass is 32.1. The minimum Gasteiger partial charge on any atom is -0.343 e. The van der Waals surface area contributed by atoms with E-state index in [0.29, 0.717) is 28.6 Å². The maximum Gasteiger partial charge on any atom is 0.416 e. The first-order chi connectivity index (χ1) is 17.6. The molecule has 4 aromatic rings. The second kappa shape index (κ2) is 9.75. The fourth-order valence-electron chi connectivity index (χ4n) is 4.18. The molecule has 0 radical (unpaired) electrons. The zero-order valence-corrected chi connectivity index (χ0v) is 21.3. The molecular weight excluding hydrogens is 503 g/mol. The van der Waals surface area contributed by atoms with Gasteiger partial charge in [-0.25, -0.2) is 15.0 Å². The number of thiazole rings is 1. The van der Waals surface area contributed by atoms with Crippen LogP contribution in [-0.4, -0.2) is 49.5 Å². The van der Waals surface area contributed by atoms with E-state index >= 15 is 0 Å². The Labute approximate surface area is 215 Å². The summed E-state index contributed by atoms with van der Waals surface area (Å²) in [6.45, 7) is 8.07. The maximum atomic E-state index is 13.0. The monoisotopic (exact) mass is 529 g/mol. The SMILES string of the molecule is CC(NC(=O)c1cc2c(cn1)ncn2C1CN(C(C)C)C1)c1cnc(Nc2ccc(C(F)(F)F)cc2)s1. The smallest absolute Gasteiger partial charge is 0.343 e. The van der Waals surface area contributed by atoms with Gasteiger partial charge in [-0.2, -0.15) is 13.2 Å². The van der Waals surface area contributed by atoms with E-state index in [9.17, 15) is 18.0 Å². The molecular formula is C25H26F3N7OS. The molecule has 4 heterocycles. The Morgan fingerprint density at radius 1 is 1.08 bits per heavy atom. The van der Waals surface area contributed by atoms with Crippen molar-refractivity contribution >= 4 is 39.1 Å². The minimum atomic E-state index is -4.38. The lowest BCUT2D eigenvalue weighted by molar-refractivity contribution is -0.137. The quantitative estimate of drug-likeness (QED) is 0.333. The van der Waals surface area contributed by atoms with Crippen LogP contribution in [0.4, 0.5) is 24.0 Å². The van der Waals surface area contributed by atoms with Crippen molar-refractivity contribution in [2.75, 3.05) is 18.4 Å². The number of hydrogen-bond acceptors (Lipinski definition) is 7. The molecule has 1 aliphatic heterocycles. The number of aromatic nitrogens is 4. The fraction of sp³-hybridized carbons (Fsp3) is 0.360. The number of carbonyl (C=O) groups excluding carboxylic acids is 1. The van der Waals surface area contributed by atoms with Crippen LogP contribution in [0.25, 0.3) is 11.0 Å². The van der Waals surface area contributed by atoms with E-state index in [-0.39, 0.29) is 11.9 Å². The van der Waals surface area contributed by atoms with Crippen LogP contribution in [0.15, 0.2) is 49.1 Å². The van der Waals surface area contributed by atoms with Crippen molar-refractivity contribution in [2.24, 2.45) is 0 Å². The van der Waals surface area contributed by atoms with Gasteiger partial charge in [0.25, 0.3) is 5.91 Å². The van der Waals surface area contributed by atoms with Gasteiger partial charge in [0.05, 0.1) is 35.7 Å². The fourth-order valence-corrected chi connectivity index (χ4v) is 5.02. The Kier molecular flexibility index (Phi) is 6.63. The van der Waals surface area contributed by atoms with Crippen molar-refractivity contribution < 1.29 is 18.0 Å². The first-order valence-electron chi connectivity index (χ1n) is 11.9. The molecule has 1 fully saturated rings. The molecule has 8 nitrogen and oxygen atoms in total. The van der Waals surface area contributed by atoms with Crippen molar-refractivity contribution in [2.45, 2.75) is 45.1 Å². The van der Waals surface area contributed by atoms with Crippen LogP contribution < -0.4 is 10.6 Å². The molecule has 1 atom stereocenters. The number of fused-ring (bicyclic) bond motifs is 1. The zero-order valence-electron chi connectivity index (χ0n) is 20.5. The molecule has 3 aromatic heterocycles. The average molecular weight is 530 g/mol. The topological polar surface area (TPSA) is 88.0 Å². The molecule has 0 aliphatic carbocycles. The third kappa shape index (κ3) is 5.30. The third-order valence-corrected chi connectivity index (χ3v) is 7.56. The van der Waals surface area contributed by atoms with Crippen LogP contribution in [0.2, 0.25) is 0 Å². The van der Waals surface area contributed by atoms with Gasteiger partial charge in [-0.15, -0.1) is 0 Å². The van der Waals surface area contributed by atoms with E-state index in [1.54, 1.807) is 18.5 Å². The summed E-state index contributed by atoms with van der Waals surface area (Å²) in [4.78, 5) is 29.2. The maximum absolute atomic E-state index is 13.0. The minimum absolute atomic E-state index is 0.300. The number of pyridine rings is 1. The summed E-state index contributed by atoms with van der Waals surface area (Å²) in [5.74, 6) is -0.315. The van der Waals surface area contributed by atoms with Crippen LogP contribution in [0.3, 0.4) is 0 Å². The molecule has 2 N–H and O–H groups in total. The van der Waals surface area contributed by atoms with Crippen LogP contribution in [0, 0.1) is 0 Å². The highest BCUT2D eigenvalue weighted by Crippen LogP contribution is 2.32. The van der Waals surface area contributed by atoms with Crippen LogP contribution in [0.5, 0.6) is 0 Å². The number of nitrogens with one attached hydrogen (secondary N) is 2. The molecule has 1 unspecified atom stereocenters. The molecule has 1 amide bonds. The average Bonchev–Trinajstić information content (AvgIpc) is 3.45. The summed E-state index contributed by atoms with van der Waals surface area (Å²) in [5.41, 5.74) is 1.70. The Bertz CT molecular complexity index is 1410. The highest BCUT2D eigenvalue weighted by molar-refractivity contribution is 7.15. The van der Waals surface area contributed by atoms with Gasteiger partial charge in [-0.1, -0.05) is 11.3 Å². The molecule has 1 saturated heterocycles. The Balaban J connectivity index is 1.23. The first kappa shape index (κ1) is 25.2. The first-order valence-corrected chi connectivity index (χ1v) is 12.7. The van der Waals surface area contributed by atoms with Gasteiger partial charge in [0, 0.05) is 35.9 Å². The van der Waals surface area contributed by atoms with Crippen molar-refractivity contribution in [3.8, 4) is 0 Å². The van der Waals surface area contributed by atoms with Crippen molar-refractivity contribution in [3.05, 3.63) is 65.2 Å². The number of halogens is 3. The van der Waals surface area contributed by atoms with Gasteiger partial charge in [-0.05, 0) is 51.1 Å². The Hall–Kier alpha value is -3.51. The number of likely N-dealkylation sites (tertiary alicyclic amines) is 1. The standard InChI is InChI=1S/C25H26F3N7OS/c1-14(2)34-11-18(12-34)35-13-31-20-9-29-19(8-21(20)35)23(36)32-15(3)22-10-30-24(37-22)33-17-6-4-16(5-7-17)25(26,27)28/h4-10,13-15,18H,11-12H2,1-3H3,(H,30,33)(H,32,36). The summed E-state index contributed by atoms with van der Waals surface area (Å²) < 4.78 is 40.4. The molecule has 1 aliphatic rings. The summed E-state index contributed by atoms with van der Waals surface area (Å²) in [6, 6.07) is 6.97. The van der Waals surface area contributed by atoms with Crippen LogP contribution in [-0.2, 0) is 6.18 Å². The highest BCUT2D eigenvalue weighted by Gasteiger charge is 2.31. The number of rotatable bonds is 7. The molecule has 5 rings (SSSR count). The second-order valence-corrected chi connectivity index (χ2v) is 10.4. The van der Waals surface area contributed by atoms with Crippen LogP contribution in [0.1, 0.15) is 53.8 Å². The Morgan fingerprint density at radius 3 is 2.49 bits per heavy atom. The third-order valence-electron chi connectivity index (χ3n) is 6.47. The second-order valence-electron chi connectivity index (χ2n) is 9.37. The summed E-state index contributed by atoms with van der Waals surface area (Å²) in [7, 11) is 0. The van der Waals surface area contributed by atoms with Gasteiger partial charge in [0.1, 0.15) is 11.2 Å². The van der Waals surface area contributed by atoms with Crippen molar-refractivity contribution in [3.63, 3.8) is 0 Å². The number of carbonyl (C=O) groups is 1. The van der Waals surface area contributed by atoms with E-state index in [0.717, 1.165) is 41.1 Å². The number of alkyl halides is 3. The lowest BCUT2D eigenvalue weighted by atomic mass is 10.1. The lowest BCUT2D eigenvalue weighted by Gasteiger charge is -2.42. The summed E-state index contributed by atoms with van der Waals surface area (Å²) in [5, 5.41) is 6.46. The Morgan fingerprint density at radius 2 is 1.81 bits per heavy atom. The van der Waals surface area contributed by atoms with E-state index in [4.69, 9.17) is 0 Å². The van der Waals surface area contributed by atoms with E-state index in [2.05, 4.69) is 48.9 Å². The molecule has 0 spiro atoms. The summed E-state index contributed by atoms with van der Waals surface area (Å²) in [6.07, 6.45) is 0.668. The number of imidazole rings is 1.